The molecule has 0 aliphatic heterocycles. The SMILES string of the molecule is CCC(C)C/C=C(\C)CC/C=C(\C)Cn1ccc2ccccc21. The molecular formula is C22H31N. The van der Waals surface area contributed by atoms with Crippen LogP contribution in [0.25, 0.3) is 10.9 Å². The van der Waals surface area contributed by atoms with Gasteiger partial charge in [0.25, 0.3) is 0 Å². The maximum Gasteiger partial charge on any atom is 0.0483 e. The maximum atomic E-state index is 2.43. The number of rotatable bonds is 8. The fourth-order valence-electron chi connectivity index (χ4n) is 2.83. The smallest absolute Gasteiger partial charge is 0.0483 e. The molecule has 1 heteroatoms. The molecule has 0 bridgehead atoms. The first-order valence-electron chi connectivity index (χ1n) is 8.95. The van der Waals surface area contributed by atoms with E-state index in [1.807, 2.05) is 0 Å². The van der Waals surface area contributed by atoms with Crippen molar-refractivity contribution in [3.63, 3.8) is 0 Å². The van der Waals surface area contributed by atoms with Gasteiger partial charge in [-0.1, -0.05) is 61.8 Å². The van der Waals surface area contributed by atoms with Crippen molar-refractivity contribution >= 4 is 10.9 Å². The lowest BCUT2D eigenvalue weighted by Crippen LogP contribution is -1.97. The normalized spacial score (nSPS) is 14.4. The molecule has 1 aromatic carbocycles. The Balaban J connectivity index is 1.86. The quantitative estimate of drug-likeness (QED) is 0.475. The molecular weight excluding hydrogens is 278 g/mol. The Morgan fingerprint density at radius 3 is 2.65 bits per heavy atom. The Hall–Kier alpha value is -1.76. The molecule has 0 amide bonds. The summed E-state index contributed by atoms with van der Waals surface area (Å²) in [6.07, 6.45) is 11.8. The van der Waals surface area contributed by atoms with Gasteiger partial charge in [-0.25, -0.2) is 0 Å². The van der Waals surface area contributed by atoms with Crippen molar-refractivity contribution in [1.82, 2.24) is 4.57 Å². The predicted molar refractivity (Wildman–Crippen MR) is 103 cm³/mol. The van der Waals surface area contributed by atoms with Crippen LogP contribution in [-0.4, -0.2) is 4.57 Å². The molecule has 1 heterocycles. The number of hydrogen-bond donors (Lipinski definition) is 0. The van der Waals surface area contributed by atoms with Gasteiger partial charge in [0.2, 0.25) is 0 Å². The second-order valence-electron chi connectivity index (χ2n) is 6.89. The summed E-state index contributed by atoms with van der Waals surface area (Å²) in [7, 11) is 0. The maximum absolute atomic E-state index is 2.43. The number of benzene rings is 1. The van der Waals surface area contributed by atoms with E-state index in [1.54, 1.807) is 0 Å². The van der Waals surface area contributed by atoms with Crippen LogP contribution in [0, 0.1) is 5.92 Å². The van der Waals surface area contributed by atoms with Gasteiger partial charge in [0.1, 0.15) is 0 Å². The summed E-state index contributed by atoms with van der Waals surface area (Å²) in [4.78, 5) is 0. The lowest BCUT2D eigenvalue weighted by molar-refractivity contribution is 0.569. The van der Waals surface area contributed by atoms with E-state index in [4.69, 9.17) is 0 Å². The van der Waals surface area contributed by atoms with Crippen molar-refractivity contribution < 1.29 is 0 Å². The third-order valence-corrected chi connectivity index (χ3v) is 4.70. The van der Waals surface area contributed by atoms with E-state index in [1.165, 1.54) is 41.3 Å². The van der Waals surface area contributed by atoms with Crippen molar-refractivity contribution in [2.45, 2.75) is 59.9 Å². The van der Waals surface area contributed by atoms with Crippen LogP contribution in [0.1, 0.15) is 53.4 Å². The zero-order chi connectivity index (χ0) is 16.7. The molecule has 0 fully saturated rings. The van der Waals surface area contributed by atoms with Crippen LogP contribution in [-0.2, 0) is 6.54 Å². The number of fused-ring (bicyclic) bond motifs is 1. The average molecular weight is 309 g/mol. The van der Waals surface area contributed by atoms with E-state index in [2.05, 4.69) is 80.9 Å². The number of para-hydroxylation sites is 1. The molecule has 0 saturated heterocycles. The molecule has 1 aromatic heterocycles. The van der Waals surface area contributed by atoms with Gasteiger partial charge in [-0.15, -0.1) is 0 Å². The highest BCUT2D eigenvalue weighted by molar-refractivity contribution is 5.79. The average Bonchev–Trinajstić information content (AvgIpc) is 2.95. The second kappa shape index (κ2) is 8.76. The Kier molecular flexibility index (Phi) is 6.70. The Bertz CT molecular complexity index is 672. The summed E-state index contributed by atoms with van der Waals surface area (Å²) in [5, 5.41) is 1.32. The lowest BCUT2D eigenvalue weighted by Gasteiger charge is -2.07. The van der Waals surface area contributed by atoms with Gasteiger partial charge in [0.05, 0.1) is 0 Å². The van der Waals surface area contributed by atoms with E-state index in [0.29, 0.717) is 0 Å². The zero-order valence-electron chi connectivity index (χ0n) is 15.2. The summed E-state index contributed by atoms with van der Waals surface area (Å²) >= 11 is 0. The molecule has 0 aliphatic rings. The molecule has 124 valence electrons. The van der Waals surface area contributed by atoms with E-state index >= 15 is 0 Å². The summed E-state index contributed by atoms with van der Waals surface area (Å²) in [5.74, 6) is 0.809. The minimum absolute atomic E-state index is 0.809. The van der Waals surface area contributed by atoms with Crippen LogP contribution in [0.4, 0.5) is 0 Å². The number of aromatic nitrogens is 1. The fraction of sp³-hybridized carbons (Fsp3) is 0.455. The third-order valence-electron chi connectivity index (χ3n) is 4.70. The first kappa shape index (κ1) is 17.6. The van der Waals surface area contributed by atoms with Crippen LogP contribution in [0.2, 0.25) is 0 Å². The number of allylic oxidation sites excluding steroid dienone is 4. The van der Waals surface area contributed by atoms with Gasteiger partial charge in [0, 0.05) is 18.3 Å². The van der Waals surface area contributed by atoms with Crippen molar-refractivity contribution in [1.29, 1.82) is 0 Å². The Morgan fingerprint density at radius 1 is 1.09 bits per heavy atom. The predicted octanol–water partition coefficient (Wildman–Crippen LogP) is 6.75. The van der Waals surface area contributed by atoms with Crippen LogP contribution in [0.3, 0.4) is 0 Å². The van der Waals surface area contributed by atoms with E-state index in [0.717, 1.165) is 18.9 Å². The highest BCUT2D eigenvalue weighted by Crippen LogP contribution is 2.17. The second-order valence-corrected chi connectivity index (χ2v) is 6.89. The topological polar surface area (TPSA) is 4.93 Å². The highest BCUT2D eigenvalue weighted by atomic mass is 14.9. The Morgan fingerprint density at radius 2 is 1.87 bits per heavy atom. The van der Waals surface area contributed by atoms with Gasteiger partial charge in [-0.2, -0.15) is 0 Å². The molecule has 1 atom stereocenters. The summed E-state index contributed by atoms with van der Waals surface area (Å²) in [5.41, 5.74) is 4.30. The first-order chi connectivity index (χ1) is 11.1. The van der Waals surface area contributed by atoms with Gasteiger partial charge in [-0.3, -0.25) is 0 Å². The highest BCUT2D eigenvalue weighted by Gasteiger charge is 2.00. The molecule has 0 spiro atoms. The standard InChI is InChI=1S/C22H31N/c1-5-18(2)13-14-19(3)9-8-10-20(4)17-23-16-15-21-11-6-7-12-22(21)23/h6-7,10-12,14-16,18H,5,8-9,13,17H2,1-4H3/b19-14+,20-10+. The van der Waals surface area contributed by atoms with E-state index < -0.39 is 0 Å². The van der Waals surface area contributed by atoms with Crippen LogP contribution in [0.5, 0.6) is 0 Å². The van der Waals surface area contributed by atoms with Crippen molar-refractivity contribution in [3.05, 3.63) is 59.8 Å². The molecule has 2 aromatic rings. The molecule has 0 N–H and O–H groups in total. The van der Waals surface area contributed by atoms with Gasteiger partial charge in [0.15, 0.2) is 0 Å². The van der Waals surface area contributed by atoms with Crippen LogP contribution >= 0.6 is 0 Å². The van der Waals surface area contributed by atoms with Crippen LogP contribution in [0.15, 0.2) is 59.8 Å². The zero-order valence-corrected chi connectivity index (χ0v) is 15.2. The minimum Gasteiger partial charge on any atom is -0.343 e. The molecule has 1 nitrogen and oxygen atoms in total. The summed E-state index contributed by atoms with van der Waals surface area (Å²) < 4.78 is 2.34. The third kappa shape index (κ3) is 5.42. The van der Waals surface area contributed by atoms with Gasteiger partial charge in [-0.05, 0) is 56.5 Å². The van der Waals surface area contributed by atoms with Gasteiger partial charge >= 0.3 is 0 Å². The fourth-order valence-corrected chi connectivity index (χ4v) is 2.83. The van der Waals surface area contributed by atoms with Gasteiger partial charge < -0.3 is 4.57 Å². The molecule has 2 rings (SSSR count). The molecule has 0 radical (unpaired) electrons. The lowest BCUT2D eigenvalue weighted by atomic mass is 10.0. The van der Waals surface area contributed by atoms with Crippen molar-refractivity contribution in [2.75, 3.05) is 0 Å². The molecule has 23 heavy (non-hydrogen) atoms. The monoisotopic (exact) mass is 309 g/mol. The molecule has 0 saturated carbocycles. The van der Waals surface area contributed by atoms with Crippen LogP contribution < -0.4 is 0 Å². The minimum atomic E-state index is 0.809. The summed E-state index contributed by atoms with van der Waals surface area (Å²) in [6.45, 7) is 10.1. The largest absolute Gasteiger partial charge is 0.343 e. The van der Waals surface area contributed by atoms with Crippen molar-refractivity contribution in [3.8, 4) is 0 Å². The first-order valence-corrected chi connectivity index (χ1v) is 8.95. The number of nitrogens with zero attached hydrogens (tertiary/aromatic N) is 1. The molecule has 0 aliphatic carbocycles. The number of hydrogen-bond acceptors (Lipinski definition) is 0. The van der Waals surface area contributed by atoms with E-state index in [9.17, 15) is 0 Å². The van der Waals surface area contributed by atoms with Crippen molar-refractivity contribution in [2.24, 2.45) is 5.92 Å². The van der Waals surface area contributed by atoms with E-state index in [-0.39, 0.29) is 0 Å². The molecule has 1 unspecified atom stereocenters. The summed E-state index contributed by atoms with van der Waals surface area (Å²) in [6, 6.07) is 10.8. The Labute approximate surface area is 141 Å².